The molecule has 4 nitrogen and oxygen atoms in total. The van der Waals surface area contributed by atoms with Crippen molar-refractivity contribution in [3.8, 4) is 17.6 Å². The van der Waals surface area contributed by atoms with Crippen molar-refractivity contribution in [1.82, 2.24) is 0 Å². The standard InChI is InChI=1S/C27H26N2O2/c1-20(22-7-3-2-4-8-22)29-24-10-6-5-9-23(24)14-16-27(29,18-28)15-13-21-11-12-25-26(17-21)31-19-30-25/h2-12,17,20H,13-16,19H2,1H3/t20-,27-/m1/s1. The topological polar surface area (TPSA) is 45.5 Å². The Balaban J connectivity index is 1.50. The van der Waals surface area contributed by atoms with Gasteiger partial charge in [0.1, 0.15) is 5.54 Å². The number of nitriles is 1. The minimum atomic E-state index is -0.569. The second-order valence-electron chi connectivity index (χ2n) is 8.42. The predicted molar refractivity (Wildman–Crippen MR) is 121 cm³/mol. The van der Waals surface area contributed by atoms with Crippen LogP contribution in [0.5, 0.6) is 11.5 Å². The van der Waals surface area contributed by atoms with E-state index in [1.807, 2.05) is 12.1 Å². The van der Waals surface area contributed by atoms with Gasteiger partial charge < -0.3 is 14.4 Å². The number of aryl methyl sites for hydroxylation is 2. The molecule has 0 N–H and O–H groups in total. The van der Waals surface area contributed by atoms with Crippen molar-refractivity contribution in [2.75, 3.05) is 11.7 Å². The molecule has 0 spiro atoms. The van der Waals surface area contributed by atoms with Crippen LogP contribution in [-0.4, -0.2) is 12.3 Å². The normalized spacial score (nSPS) is 20.1. The summed E-state index contributed by atoms with van der Waals surface area (Å²) < 4.78 is 11.0. The van der Waals surface area contributed by atoms with E-state index in [2.05, 4.69) is 78.6 Å². The molecule has 3 aromatic rings. The fourth-order valence-corrected chi connectivity index (χ4v) is 4.97. The van der Waals surface area contributed by atoms with E-state index in [1.165, 1.54) is 22.4 Å². The number of ether oxygens (including phenoxy) is 2. The van der Waals surface area contributed by atoms with Crippen LogP contribution in [0.1, 0.15) is 42.5 Å². The number of nitrogens with zero attached hydrogens (tertiary/aromatic N) is 2. The number of fused-ring (bicyclic) bond motifs is 2. The largest absolute Gasteiger partial charge is 0.454 e. The van der Waals surface area contributed by atoms with Crippen LogP contribution in [0.25, 0.3) is 0 Å². The Morgan fingerprint density at radius 1 is 1.00 bits per heavy atom. The van der Waals surface area contributed by atoms with Crippen LogP contribution in [0.15, 0.2) is 72.8 Å². The second kappa shape index (κ2) is 8.00. The highest BCUT2D eigenvalue weighted by Gasteiger charge is 2.43. The smallest absolute Gasteiger partial charge is 0.231 e. The van der Waals surface area contributed by atoms with Gasteiger partial charge in [0.05, 0.1) is 12.1 Å². The van der Waals surface area contributed by atoms with Crippen LogP contribution in [0, 0.1) is 11.3 Å². The summed E-state index contributed by atoms with van der Waals surface area (Å²) in [5.41, 5.74) is 4.32. The second-order valence-corrected chi connectivity index (χ2v) is 8.42. The first-order valence-corrected chi connectivity index (χ1v) is 10.9. The van der Waals surface area contributed by atoms with E-state index < -0.39 is 5.54 Å². The number of para-hydroxylation sites is 1. The zero-order valence-corrected chi connectivity index (χ0v) is 17.8. The highest BCUT2D eigenvalue weighted by molar-refractivity contribution is 5.62. The molecule has 0 bridgehead atoms. The van der Waals surface area contributed by atoms with Gasteiger partial charge >= 0.3 is 0 Å². The first-order chi connectivity index (χ1) is 15.2. The summed E-state index contributed by atoms with van der Waals surface area (Å²) in [5, 5.41) is 10.5. The minimum absolute atomic E-state index is 0.0963. The van der Waals surface area contributed by atoms with Gasteiger partial charge in [-0.1, -0.05) is 54.6 Å². The first kappa shape index (κ1) is 19.5. The lowest BCUT2D eigenvalue weighted by Crippen LogP contribution is -2.52. The molecule has 2 aliphatic heterocycles. The average Bonchev–Trinajstić information content (AvgIpc) is 3.30. The summed E-state index contributed by atoms with van der Waals surface area (Å²) >= 11 is 0. The summed E-state index contributed by atoms with van der Waals surface area (Å²) in [4.78, 5) is 2.37. The Kier molecular flexibility index (Phi) is 5.03. The zero-order chi connectivity index (χ0) is 21.3. The van der Waals surface area contributed by atoms with Crippen molar-refractivity contribution in [3.63, 3.8) is 0 Å². The summed E-state index contributed by atoms with van der Waals surface area (Å²) in [6.45, 7) is 2.49. The number of benzene rings is 3. The molecule has 156 valence electrons. The van der Waals surface area contributed by atoms with Crippen molar-refractivity contribution in [1.29, 1.82) is 5.26 Å². The summed E-state index contributed by atoms with van der Waals surface area (Å²) in [6.07, 6.45) is 3.31. The molecular weight excluding hydrogens is 384 g/mol. The lowest BCUT2D eigenvalue weighted by atomic mass is 9.79. The van der Waals surface area contributed by atoms with E-state index in [9.17, 15) is 5.26 Å². The van der Waals surface area contributed by atoms with E-state index in [1.54, 1.807) is 0 Å². The Morgan fingerprint density at radius 2 is 1.77 bits per heavy atom. The van der Waals surface area contributed by atoms with Crippen LogP contribution in [-0.2, 0) is 12.8 Å². The van der Waals surface area contributed by atoms with Crippen LogP contribution in [0.3, 0.4) is 0 Å². The van der Waals surface area contributed by atoms with E-state index in [0.717, 1.165) is 37.2 Å². The van der Waals surface area contributed by atoms with Gasteiger partial charge in [0.15, 0.2) is 11.5 Å². The molecule has 3 aromatic carbocycles. The molecular formula is C27H26N2O2. The lowest BCUT2D eigenvalue weighted by Gasteiger charge is -2.48. The lowest BCUT2D eigenvalue weighted by molar-refractivity contribution is 0.174. The maximum absolute atomic E-state index is 10.5. The molecule has 0 aliphatic carbocycles. The molecule has 31 heavy (non-hydrogen) atoms. The van der Waals surface area contributed by atoms with Crippen molar-refractivity contribution in [3.05, 3.63) is 89.5 Å². The van der Waals surface area contributed by atoms with E-state index in [0.29, 0.717) is 0 Å². The monoisotopic (exact) mass is 410 g/mol. The van der Waals surface area contributed by atoms with Gasteiger partial charge in [0, 0.05) is 5.69 Å². The molecule has 0 amide bonds. The Bertz CT molecular complexity index is 1120. The van der Waals surface area contributed by atoms with Gasteiger partial charge in [-0.25, -0.2) is 0 Å². The molecule has 2 aliphatic rings. The van der Waals surface area contributed by atoms with Crippen molar-refractivity contribution >= 4 is 5.69 Å². The van der Waals surface area contributed by atoms with Crippen molar-refractivity contribution in [2.24, 2.45) is 0 Å². The Labute approximate surface area is 183 Å². The van der Waals surface area contributed by atoms with Gasteiger partial charge in [-0.05, 0) is 67.5 Å². The highest BCUT2D eigenvalue weighted by atomic mass is 16.7. The van der Waals surface area contributed by atoms with E-state index in [-0.39, 0.29) is 12.8 Å². The molecule has 0 saturated carbocycles. The van der Waals surface area contributed by atoms with Crippen LogP contribution in [0.4, 0.5) is 5.69 Å². The van der Waals surface area contributed by atoms with Gasteiger partial charge in [0.2, 0.25) is 6.79 Å². The van der Waals surface area contributed by atoms with Crippen LogP contribution >= 0.6 is 0 Å². The molecule has 0 saturated heterocycles. The van der Waals surface area contributed by atoms with Gasteiger partial charge in [-0.2, -0.15) is 5.26 Å². The van der Waals surface area contributed by atoms with Gasteiger partial charge in [0.25, 0.3) is 0 Å². The summed E-state index contributed by atoms with van der Waals surface area (Å²) in [5.74, 6) is 1.59. The number of rotatable bonds is 5. The molecule has 2 atom stereocenters. The van der Waals surface area contributed by atoms with E-state index in [4.69, 9.17) is 9.47 Å². The maximum atomic E-state index is 10.5. The van der Waals surface area contributed by atoms with E-state index >= 15 is 0 Å². The zero-order valence-electron chi connectivity index (χ0n) is 17.8. The van der Waals surface area contributed by atoms with Crippen LogP contribution < -0.4 is 14.4 Å². The quantitative estimate of drug-likeness (QED) is 0.531. The SMILES string of the molecule is C[C@H](c1ccccc1)N1c2ccccc2CC[C@@]1(C#N)CCc1ccc2c(c1)OCO2. The Hall–Kier alpha value is -3.45. The fourth-order valence-electron chi connectivity index (χ4n) is 4.97. The number of hydrogen-bond acceptors (Lipinski definition) is 4. The fraction of sp³-hybridized carbons (Fsp3) is 0.296. The van der Waals surface area contributed by atoms with Gasteiger partial charge in [-0.3, -0.25) is 0 Å². The van der Waals surface area contributed by atoms with Gasteiger partial charge in [-0.15, -0.1) is 0 Å². The third kappa shape index (κ3) is 3.51. The predicted octanol–water partition coefficient (Wildman–Crippen LogP) is 5.82. The van der Waals surface area contributed by atoms with Crippen LogP contribution in [0.2, 0.25) is 0 Å². The number of anilines is 1. The molecule has 5 rings (SSSR count). The third-order valence-corrected chi connectivity index (χ3v) is 6.66. The Morgan fingerprint density at radius 3 is 2.61 bits per heavy atom. The minimum Gasteiger partial charge on any atom is -0.454 e. The van der Waals surface area contributed by atoms with Crippen molar-refractivity contribution in [2.45, 2.75) is 44.2 Å². The molecule has 0 fully saturated rings. The summed E-state index contributed by atoms with van der Waals surface area (Å²) in [6, 6.07) is 28.0. The molecule has 0 aromatic heterocycles. The first-order valence-electron chi connectivity index (χ1n) is 10.9. The number of hydrogen-bond donors (Lipinski definition) is 0. The molecule has 0 unspecified atom stereocenters. The average molecular weight is 411 g/mol. The molecule has 2 heterocycles. The summed E-state index contributed by atoms with van der Waals surface area (Å²) in [7, 11) is 0. The molecule has 4 heteroatoms. The highest BCUT2D eigenvalue weighted by Crippen LogP contribution is 2.44. The van der Waals surface area contributed by atoms with Crippen molar-refractivity contribution < 1.29 is 9.47 Å². The molecule has 0 radical (unpaired) electrons. The maximum Gasteiger partial charge on any atom is 0.231 e. The third-order valence-electron chi connectivity index (χ3n) is 6.66.